The first-order valence-electron chi connectivity index (χ1n) is 7.10. The van der Waals surface area contributed by atoms with Gasteiger partial charge in [0.1, 0.15) is 6.07 Å². The highest BCUT2D eigenvalue weighted by Gasteiger charge is 2.16. The number of anilines is 1. The molecule has 0 fully saturated rings. The number of benzene rings is 2. The molecule has 0 saturated carbocycles. The number of hydrogen-bond acceptors (Lipinski definition) is 2. The van der Waals surface area contributed by atoms with Crippen LogP contribution in [0.3, 0.4) is 0 Å². The molecule has 2 aromatic rings. The lowest BCUT2D eigenvalue weighted by molar-refractivity contribution is 0.764. The van der Waals surface area contributed by atoms with Gasteiger partial charge >= 0.3 is 0 Å². The Labute approximate surface area is 120 Å². The fourth-order valence-corrected chi connectivity index (χ4v) is 2.90. The molecule has 100 valence electrons. The number of fused-ring (bicyclic) bond motifs is 1. The Balaban J connectivity index is 2.00. The van der Waals surface area contributed by atoms with Crippen molar-refractivity contribution >= 4 is 5.69 Å². The molecule has 0 aromatic heterocycles. The highest BCUT2D eigenvalue weighted by atomic mass is 15.1. The summed E-state index contributed by atoms with van der Waals surface area (Å²) in [6.45, 7) is 3.98. The van der Waals surface area contributed by atoms with Gasteiger partial charge in [0, 0.05) is 13.1 Å². The van der Waals surface area contributed by atoms with E-state index < -0.39 is 0 Å². The van der Waals surface area contributed by atoms with E-state index in [1.807, 2.05) is 12.1 Å². The average Bonchev–Trinajstić information content (AvgIpc) is 2.69. The molecule has 1 aliphatic rings. The van der Waals surface area contributed by atoms with Crippen LogP contribution >= 0.6 is 0 Å². The van der Waals surface area contributed by atoms with Gasteiger partial charge < -0.3 is 4.90 Å². The number of nitrogens with zero attached hydrogens (tertiary/aromatic N) is 2. The van der Waals surface area contributed by atoms with Gasteiger partial charge in [0.05, 0.1) is 11.3 Å². The van der Waals surface area contributed by atoms with Crippen molar-refractivity contribution in [3.8, 4) is 6.07 Å². The standard InChI is InChI=1S/C18H18N2/c1-14-8-9-16(12-19)18(11-14)20-10-4-7-15-5-2-3-6-17(15)13-20/h2-3,5-6,8-9,11H,4,7,10,13H2,1H3. The molecule has 0 aliphatic carbocycles. The van der Waals surface area contributed by atoms with Crippen LogP contribution in [0.15, 0.2) is 42.5 Å². The lowest BCUT2D eigenvalue weighted by Gasteiger charge is -2.24. The molecule has 1 aliphatic heterocycles. The third-order valence-corrected chi connectivity index (χ3v) is 3.97. The van der Waals surface area contributed by atoms with Crippen molar-refractivity contribution in [2.45, 2.75) is 26.3 Å². The average molecular weight is 262 g/mol. The summed E-state index contributed by atoms with van der Waals surface area (Å²) in [7, 11) is 0. The Morgan fingerprint density at radius 1 is 1.10 bits per heavy atom. The normalized spacial score (nSPS) is 14.3. The first-order valence-corrected chi connectivity index (χ1v) is 7.10. The molecule has 1 heterocycles. The molecule has 2 nitrogen and oxygen atoms in total. The van der Waals surface area contributed by atoms with Crippen LogP contribution < -0.4 is 4.90 Å². The van der Waals surface area contributed by atoms with Crippen LogP contribution in [0.1, 0.15) is 28.7 Å². The van der Waals surface area contributed by atoms with Crippen molar-refractivity contribution in [3.05, 3.63) is 64.7 Å². The summed E-state index contributed by atoms with van der Waals surface area (Å²) in [5.41, 5.74) is 5.88. The van der Waals surface area contributed by atoms with Crippen LogP contribution in [0, 0.1) is 18.3 Å². The van der Waals surface area contributed by atoms with Gasteiger partial charge in [-0.05, 0) is 48.6 Å². The van der Waals surface area contributed by atoms with E-state index in [1.165, 1.54) is 16.7 Å². The van der Waals surface area contributed by atoms with Crippen molar-refractivity contribution in [2.24, 2.45) is 0 Å². The maximum Gasteiger partial charge on any atom is 0.101 e. The largest absolute Gasteiger partial charge is 0.366 e. The molecule has 0 bridgehead atoms. The van der Waals surface area contributed by atoms with Crippen molar-refractivity contribution < 1.29 is 0 Å². The van der Waals surface area contributed by atoms with E-state index in [4.69, 9.17) is 0 Å². The predicted octanol–water partition coefficient (Wildman–Crippen LogP) is 3.82. The molecule has 0 spiro atoms. The summed E-state index contributed by atoms with van der Waals surface area (Å²) in [4.78, 5) is 2.34. The topological polar surface area (TPSA) is 27.0 Å². The van der Waals surface area contributed by atoms with Crippen molar-refractivity contribution in [3.63, 3.8) is 0 Å². The Morgan fingerprint density at radius 2 is 1.90 bits per heavy atom. The quantitative estimate of drug-likeness (QED) is 0.781. The molecule has 0 amide bonds. The van der Waals surface area contributed by atoms with Crippen LogP contribution in [0.4, 0.5) is 5.69 Å². The fraction of sp³-hybridized carbons (Fsp3) is 0.278. The van der Waals surface area contributed by atoms with E-state index in [9.17, 15) is 5.26 Å². The summed E-state index contributed by atoms with van der Waals surface area (Å²) >= 11 is 0. The second-order valence-corrected chi connectivity index (χ2v) is 5.43. The van der Waals surface area contributed by atoms with E-state index in [0.717, 1.165) is 37.2 Å². The number of rotatable bonds is 1. The molecule has 0 N–H and O–H groups in total. The minimum atomic E-state index is 0.773. The molecule has 0 unspecified atom stereocenters. The van der Waals surface area contributed by atoms with E-state index >= 15 is 0 Å². The molecule has 0 radical (unpaired) electrons. The zero-order valence-corrected chi connectivity index (χ0v) is 11.8. The zero-order valence-electron chi connectivity index (χ0n) is 11.8. The molecule has 0 atom stereocenters. The zero-order chi connectivity index (χ0) is 13.9. The molecular formula is C18H18N2. The second-order valence-electron chi connectivity index (χ2n) is 5.43. The second kappa shape index (κ2) is 5.38. The van der Waals surface area contributed by atoms with Crippen molar-refractivity contribution in [1.29, 1.82) is 5.26 Å². The Hall–Kier alpha value is -2.27. The van der Waals surface area contributed by atoms with Crippen molar-refractivity contribution in [2.75, 3.05) is 11.4 Å². The Bertz CT molecular complexity index is 667. The van der Waals surface area contributed by atoms with Crippen LogP contribution in [0.2, 0.25) is 0 Å². The van der Waals surface area contributed by atoms with E-state index in [-0.39, 0.29) is 0 Å². The molecular weight excluding hydrogens is 244 g/mol. The number of nitriles is 1. The summed E-state index contributed by atoms with van der Waals surface area (Å²) in [6, 6.07) is 17.0. The van der Waals surface area contributed by atoms with Crippen LogP contribution in [-0.4, -0.2) is 6.54 Å². The predicted molar refractivity (Wildman–Crippen MR) is 81.7 cm³/mol. The lowest BCUT2D eigenvalue weighted by atomic mass is 10.0. The van der Waals surface area contributed by atoms with Gasteiger partial charge in [0.15, 0.2) is 0 Å². The molecule has 2 aromatic carbocycles. The summed E-state index contributed by atoms with van der Waals surface area (Å²) in [5, 5.41) is 9.33. The minimum Gasteiger partial charge on any atom is -0.366 e. The first kappa shape index (κ1) is 12.7. The van der Waals surface area contributed by atoms with Crippen molar-refractivity contribution in [1.82, 2.24) is 0 Å². The third kappa shape index (κ3) is 2.40. The fourth-order valence-electron chi connectivity index (χ4n) is 2.90. The molecule has 3 rings (SSSR count). The molecule has 2 heteroatoms. The van der Waals surface area contributed by atoms with E-state index in [0.29, 0.717) is 0 Å². The van der Waals surface area contributed by atoms with Gasteiger partial charge in [-0.3, -0.25) is 0 Å². The minimum absolute atomic E-state index is 0.773. The van der Waals surface area contributed by atoms with Gasteiger partial charge in [0.25, 0.3) is 0 Å². The molecule has 20 heavy (non-hydrogen) atoms. The van der Waals surface area contributed by atoms with Crippen LogP contribution in [0.25, 0.3) is 0 Å². The summed E-state index contributed by atoms with van der Waals surface area (Å²) < 4.78 is 0. The Morgan fingerprint density at radius 3 is 2.70 bits per heavy atom. The maximum atomic E-state index is 9.33. The van der Waals surface area contributed by atoms with Gasteiger partial charge in [0.2, 0.25) is 0 Å². The van der Waals surface area contributed by atoms with Crippen LogP contribution in [-0.2, 0) is 13.0 Å². The maximum absolute atomic E-state index is 9.33. The summed E-state index contributed by atoms with van der Waals surface area (Å²) in [6.07, 6.45) is 2.26. The molecule has 0 saturated heterocycles. The van der Waals surface area contributed by atoms with Gasteiger partial charge in [-0.25, -0.2) is 0 Å². The summed E-state index contributed by atoms with van der Waals surface area (Å²) in [5.74, 6) is 0. The monoisotopic (exact) mass is 262 g/mol. The Kier molecular flexibility index (Phi) is 3.43. The first-order chi connectivity index (χ1) is 9.78. The van der Waals surface area contributed by atoms with Gasteiger partial charge in [-0.1, -0.05) is 30.3 Å². The highest BCUT2D eigenvalue weighted by Crippen LogP contribution is 2.27. The smallest absolute Gasteiger partial charge is 0.101 e. The van der Waals surface area contributed by atoms with E-state index in [2.05, 4.69) is 48.2 Å². The SMILES string of the molecule is Cc1ccc(C#N)c(N2CCCc3ccccc3C2)c1. The third-order valence-electron chi connectivity index (χ3n) is 3.97. The number of aryl methyl sites for hydroxylation is 2. The lowest BCUT2D eigenvalue weighted by Crippen LogP contribution is -2.23. The van der Waals surface area contributed by atoms with E-state index in [1.54, 1.807) is 0 Å². The number of hydrogen-bond donors (Lipinski definition) is 0. The van der Waals surface area contributed by atoms with Gasteiger partial charge in [-0.15, -0.1) is 0 Å². The highest BCUT2D eigenvalue weighted by molar-refractivity contribution is 5.61. The van der Waals surface area contributed by atoms with Crippen LogP contribution in [0.5, 0.6) is 0 Å². The van der Waals surface area contributed by atoms with Gasteiger partial charge in [-0.2, -0.15) is 5.26 Å².